The fourth-order valence-electron chi connectivity index (χ4n) is 2.72. The third-order valence-electron chi connectivity index (χ3n) is 4.17. The third-order valence-corrected chi connectivity index (χ3v) is 5.65. The molecule has 2 aromatic carbocycles. The van der Waals surface area contributed by atoms with Crippen LogP contribution in [-0.4, -0.2) is 0 Å². The second kappa shape index (κ2) is 10.2. The van der Waals surface area contributed by atoms with Crippen LogP contribution in [0.4, 0.5) is 0 Å². The van der Waals surface area contributed by atoms with Crippen molar-refractivity contribution in [2.45, 2.75) is 26.9 Å². The molecule has 0 saturated heterocycles. The van der Waals surface area contributed by atoms with Crippen molar-refractivity contribution in [1.82, 2.24) is 0 Å². The number of hydrogen-bond acceptors (Lipinski definition) is 1. The van der Waals surface area contributed by atoms with Crippen LogP contribution in [-0.2, 0) is 29.5 Å². The minimum absolute atomic E-state index is 0. The quantitative estimate of drug-likeness (QED) is 0.570. The molecule has 0 aliphatic heterocycles. The summed E-state index contributed by atoms with van der Waals surface area (Å²) in [5.74, 6) is 0. The SMILES string of the molecule is CC1=CCC(c2cccc[c]2[Ti+2][O]Cc2ccccc2)=C1C.[Cl-].[Cl-]. The van der Waals surface area contributed by atoms with Crippen molar-refractivity contribution in [1.29, 1.82) is 0 Å². The smallest absolute Gasteiger partial charge is 1.00 e. The zero-order valence-corrected chi connectivity index (χ0v) is 16.9. The molecule has 0 spiro atoms. The molecule has 1 aliphatic carbocycles. The normalized spacial score (nSPS) is 12.8. The molecule has 0 atom stereocenters. The van der Waals surface area contributed by atoms with Crippen LogP contribution < -0.4 is 28.7 Å². The molecular weight excluding hydrogens is 375 g/mol. The number of allylic oxidation sites excluding steroid dienone is 4. The Morgan fingerprint density at radius 2 is 1.58 bits per heavy atom. The predicted octanol–water partition coefficient (Wildman–Crippen LogP) is -1.34. The van der Waals surface area contributed by atoms with Gasteiger partial charge < -0.3 is 24.8 Å². The van der Waals surface area contributed by atoms with Gasteiger partial charge in [0.15, 0.2) is 0 Å². The van der Waals surface area contributed by atoms with Crippen LogP contribution in [0.25, 0.3) is 5.57 Å². The molecule has 24 heavy (non-hydrogen) atoms. The maximum absolute atomic E-state index is 6.05. The van der Waals surface area contributed by atoms with Crippen molar-refractivity contribution in [3.05, 3.63) is 82.9 Å². The van der Waals surface area contributed by atoms with Crippen LogP contribution in [0, 0.1) is 0 Å². The second-order valence-electron chi connectivity index (χ2n) is 5.62. The van der Waals surface area contributed by atoms with E-state index in [0.717, 1.165) is 6.42 Å². The Balaban J connectivity index is 0.00000144. The Morgan fingerprint density at radius 1 is 0.917 bits per heavy atom. The molecular formula is C20H20Cl2OTi. The minimum Gasteiger partial charge on any atom is -1.00 e. The summed E-state index contributed by atoms with van der Waals surface area (Å²) in [4.78, 5) is 0. The average molecular weight is 395 g/mol. The largest absolute Gasteiger partial charge is 1.00 e. The van der Waals surface area contributed by atoms with Crippen molar-refractivity contribution < 1.29 is 47.7 Å². The van der Waals surface area contributed by atoms with Gasteiger partial charge in [-0.3, -0.25) is 0 Å². The van der Waals surface area contributed by atoms with Crippen molar-refractivity contribution in [3.63, 3.8) is 0 Å². The van der Waals surface area contributed by atoms with Crippen molar-refractivity contribution >= 4 is 9.44 Å². The topological polar surface area (TPSA) is 9.23 Å². The third kappa shape index (κ3) is 5.08. The van der Waals surface area contributed by atoms with Gasteiger partial charge in [-0.05, 0) is 0 Å². The van der Waals surface area contributed by atoms with Crippen LogP contribution in [0.3, 0.4) is 0 Å². The zero-order valence-electron chi connectivity index (χ0n) is 13.9. The molecule has 0 heterocycles. The minimum atomic E-state index is -0.578. The van der Waals surface area contributed by atoms with E-state index in [9.17, 15) is 0 Å². The summed E-state index contributed by atoms with van der Waals surface area (Å²) in [6, 6.07) is 19.1. The van der Waals surface area contributed by atoms with Crippen LogP contribution in [0.2, 0.25) is 0 Å². The van der Waals surface area contributed by atoms with Crippen LogP contribution in [0.1, 0.15) is 31.4 Å². The Bertz CT molecular complexity index is 723. The van der Waals surface area contributed by atoms with E-state index in [2.05, 4.69) is 68.5 Å². The molecule has 4 heteroatoms. The molecule has 0 fully saturated rings. The molecule has 0 unspecified atom stereocenters. The molecule has 0 radical (unpaired) electrons. The van der Waals surface area contributed by atoms with E-state index in [-0.39, 0.29) is 24.8 Å². The summed E-state index contributed by atoms with van der Waals surface area (Å²) in [5, 5.41) is 0. The van der Waals surface area contributed by atoms with Gasteiger partial charge in [0.25, 0.3) is 0 Å². The van der Waals surface area contributed by atoms with E-state index in [1.807, 2.05) is 6.07 Å². The Morgan fingerprint density at radius 3 is 2.25 bits per heavy atom. The monoisotopic (exact) mass is 394 g/mol. The molecule has 2 aromatic rings. The van der Waals surface area contributed by atoms with Gasteiger partial charge in [-0.15, -0.1) is 0 Å². The van der Waals surface area contributed by atoms with Gasteiger partial charge in [-0.1, -0.05) is 0 Å². The molecule has 0 N–H and O–H groups in total. The van der Waals surface area contributed by atoms with Gasteiger partial charge >= 0.3 is 142 Å². The summed E-state index contributed by atoms with van der Waals surface area (Å²) < 4.78 is 7.45. The van der Waals surface area contributed by atoms with Crippen molar-refractivity contribution in [3.8, 4) is 0 Å². The van der Waals surface area contributed by atoms with Gasteiger partial charge in [0.1, 0.15) is 0 Å². The second-order valence-corrected chi connectivity index (χ2v) is 7.23. The van der Waals surface area contributed by atoms with E-state index >= 15 is 0 Å². The molecule has 124 valence electrons. The number of benzene rings is 2. The summed E-state index contributed by atoms with van der Waals surface area (Å²) in [6.45, 7) is 5.15. The van der Waals surface area contributed by atoms with Gasteiger partial charge in [0.2, 0.25) is 0 Å². The zero-order chi connectivity index (χ0) is 15.4. The molecule has 0 amide bonds. The maximum Gasteiger partial charge on any atom is -1.00 e. The van der Waals surface area contributed by atoms with Crippen LogP contribution in [0.15, 0.2) is 71.8 Å². The molecule has 0 aromatic heterocycles. The van der Waals surface area contributed by atoms with Gasteiger partial charge in [-0.2, -0.15) is 0 Å². The summed E-state index contributed by atoms with van der Waals surface area (Å²) in [5.41, 5.74) is 6.95. The fourth-order valence-corrected chi connectivity index (χ4v) is 4.13. The first kappa shape index (κ1) is 21.2. The van der Waals surface area contributed by atoms with E-state index in [4.69, 9.17) is 3.32 Å². The molecule has 0 bridgehead atoms. The van der Waals surface area contributed by atoms with Crippen LogP contribution >= 0.6 is 0 Å². The van der Waals surface area contributed by atoms with Crippen molar-refractivity contribution in [2.75, 3.05) is 0 Å². The maximum atomic E-state index is 6.05. The first-order valence-electron chi connectivity index (χ1n) is 7.63. The Hall–Kier alpha value is -0.826. The Labute approximate surface area is 166 Å². The molecule has 3 rings (SSSR count). The summed E-state index contributed by atoms with van der Waals surface area (Å²) in [7, 11) is 0. The van der Waals surface area contributed by atoms with Crippen LogP contribution in [0.5, 0.6) is 0 Å². The van der Waals surface area contributed by atoms with E-state index in [1.54, 1.807) is 0 Å². The van der Waals surface area contributed by atoms with Gasteiger partial charge in [0, 0.05) is 0 Å². The number of rotatable bonds is 5. The summed E-state index contributed by atoms with van der Waals surface area (Å²) >= 11 is -0.578. The average Bonchev–Trinajstić information content (AvgIpc) is 2.88. The molecule has 1 aliphatic rings. The fraction of sp³-hybridized carbons (Fsp3) is 0.200. The first-order valence-corrected chi connectivity index (χ1v) is 9.05. The molecule has 0 saturated carbocycles. The standard InChI is InChI=1S/C13H13.C7H7O.2ClH.Ti/c1-10-8-9-13(11(10)2)12-6-4-3-5-7-12;8-6-7-4-2-1-3-5-7;;;/h3-6,8H,9H2,1-2H3;1-5H,6H2;2*1H;/q;-1;;;+3/p-2. The number of halogens is 2. The summed E-state index contributed by atoms with van der Waals surface area (Å²) in [6.07, 6.45) is 3.38. The molecule has 1 nitrogen and oxygen atoms in total. The van der Waals surface area contributed by atoms with Crippen molar-refractivity contribution in [2.24, 2.45) is 0 Å². The Kier molecular flexibility index (Phi) is 9.04. The predicted molar refractivity (Wildman–Crippen MR) is 88.3 cm³/mol. The number of hydrogen-bond donors (Lipinski definition) is 0. The van der Waals surface area contributed by atoms with E-state index in [1.165, 1.54) is 31.7 Å². The first-order chi connectivity index (χ1) is 10.8. The van der Waals surface area contributed by atoms with Gasteiger partial charge in [-0.25, -0.2) is 0 Å². The van der Waals surface area contributed by atoms with E-state index < -0.39 is 19.5 Å². The van der Waals surface area contributed by atoms with Gasteiger partial charge in [0.05, 0.1) is 0 Å². The van der Waals surface area contributed by atoms with E-state index in [0.29, 0.717) is 6.61 Å².